The predicted molar refractivity (Wildman–Crippen MR) is 149 cm³/mol. The minimum absolute atomic E-state index is 0.166. The van der Waals surface area contributed by atoms with Crippen molar-refractivity contribution in [3.8, 4) is 33.6 Å². The number of imidazole rings is 2. The second-order valence-corrected chi connectivity index (χ2v) is 10.1. The Hall–Kier alpha value is -4.09. The van der Waals surface area contributed by atoms with E-state index in [1.807, 2.05) is 34.9 Å². The normalized spacial score (nSPS) is 11.5. The highest BCUT2D eigenvalue weighted by atomic mass is 79.9. The number of nitrogens with zero attached hydrogens (tertiary/aromatic N) is 7. The zero-order chi connectivity index (χ0) is 26.9. The van der Waals surface area contributed by atoms with Gasteiger partial charge in [-0.15, -0.1) is 5.10 Å². The Bertz CT molecular complexity index is 1720. The topological polar surface area (TPSA) is 120 Å². The first kappa shape index (κ1) is 25.2. The lowest BCUT2D eigenvalue weighted by Gasteiger charge is -2.15. The van der Waals surface area contributed by atoms with Crippen LogP contribution in [0.2, 0.25) is 5.15 Å². The Morgan fingerprint density at radius 1 is 1.15 bits per heavy atom. The molecule has 12 heteroatoms. The fourth-order valence-corrected chi connectivity index (χ4v) is 5.90. The molecular formula is C27H22BrClN8O2. The van der Waals surface area contributed by atoms with Crippen LogP contribution in [-0.2, 0) is 13.0 Å². The molecule has 0 saturated heterocycles. The maximum Gasteiger partial charge on any atom is 0.283 e. The Kier molecular flexibility index (Phi) is 6.84. The number of carbonyl (C=O) groups excluding carboxylic acids is 1. The summed E-state index contributed by atoms with van der Waals surface area (Å²) in [5.74, 6) is 0.992. The maximum absolute atomic E-state index is 13.6. The maximum atomic E-state index is 13.6. The molecule has 0 unspecified atom stereocenters. The number of aryl methyl sites for hydroxylation is 1. The molecule has 2 aliphatic rings. The summed E-state index contributed by atoms with van der Waals surface area (Å²) in [6.45, 7) is 2.46. The number of halogens is 2. The standard InChI is InChI=1S/C27H22BrClN8O2/c1-2-3-8-21-31-25(29)24(27(38)36-11-10-30-15-36)37(21)13-19-16-9-12-39-14-20(16)23(28)22(19)17-6-4-5-7-18(17)26-32-34-35-33-26/h4-7,9-12,14-15H,2-3,8,13H2,1H3,(H,32,33,34,35). The van der Waals surface area contributed by atoms with Crippen molar-refractivity contribution in [2.75, 3.05) is 0 Å². The summed E-state index contributed by atoms with van der Waals surface area (Å²) in [6, 6.07) is 9.82. The van der Waals surface area contributed by atoms with Crippen LogP contribution in [-0.4, -0.2) is 45.6 Å². The summed E-state index contributed by atoms with van der Waals surface area (Å²) < 4.78 is 9.74. The van der Waals surface area contributed by atoms with Crippen molar-refractivity contribution in [1.82, 2.24) is 39.7 Å². The number of hydrogen-bond donors (Lipinski definition) is 1. The molecule has 1 aromatic carbocycles. The second-order valence-electron chi connectivity index (χ2n) is 8.98. The zero-order valence-corrected chi connectivity index (χ0v) is 23.1. The van der Waals surface area contributed by atoms with E-state index in [0.29, 0.717) is 24.5 Å². The van der Waals surface area contributed by atoms with Gasteiger partial charge in [0.1, 0.15) is 17.8 Å². The number of benzene rings is 1. The lowest BCUT2D eigenvalue weighted by molar-refractivity contribution is 0.0951. The first-order valence-electron chi connectivity index (χ1n) is 12.4. The SMILES string of the molecule is CCCCc1nc(Cl)c(C(=O)n2ccnc2)n1Cc1c2ccocc-2c(Br)c1-c1ccccc1-c1nnn[nH]1. The van der Waals surface area contributed by atoms with Crippen molar-refractivity contribution >= 4 is 33.4 Å². The number of hydrogen-bond acceptors (Lipinski definition) is 7. The van der Waals surface area contributed by atoms with Gasteiger partial charge >= 0.3 is 0 Å². The monoisotopic (exact) mass is 604 g/mol. The van der Waals surface area contributed by atoms with Crippen molar-refractivity contribution < 1.29 is 9.21 Å². The largest absolute Gasteiger partial charge is 0.472 e. The second kappa shape index (κ2) is 10.6. The Morgan fingerprint density at radius 2 is 2.00 bits per heavy atom. The first-order valence-corrected chi connectivity index (χ1v) is 13.5. The van der Waals surface area contributed by atoms with Crippen LogP contribution >= 0.6 is 27.5 Å². The molecule has 0 amide bonds. The van der Waals surface area contributed by atoms with Gasteiger partial charge in [-0.2, -0.15) is 0 Å². The molecule has 0 bridgehead atoms. The predicted octanol–water partition coefficient (Wildman–Crippen LogP) is 6.12. The number of fused-ring (bicyclic) bond motifs is 1. The lowest BCUT2D eigenvalue weighted by Crippen LogP contribution is -2.18. The van der Waals surface area contributed by atoms with Crippen molar-refractivity contribution in [3.63, 3.8) is 0 Å². The smallest absolute Gasteiger partial charge is 0.283 e. The van der Waals surface area contributed by atoms with Gasteiger partial charge in [0.15, 0.2) is 11.0 Å². The van der Waals surface area contributed by atoms with Gasteiger partial charge in [0.05, 0.1) is 19.1 Å². The van der Waals surface area contributed by atoms with Crippen LogP contribution in [0, 0.1) is 0 Å². The van der Waals surface area contributed by atoms with Gasteiger partial charge in [-0.25, -0.2) is 15.1 Å². The zero-order valence-electron chi connectivity index (χ0n) is 20.8. The third kappa shape index (κ3) is 4.47. The van der Waals surface area contributed by atoms with Crippen LogP contribution in [0.4, 0.5) is 0 Å². The fraction of sp³-hybridized carbons (Fsp3) is 0.185. The highest BCUT2D eigenvalue weighted by Gasteiger charge is 2.29. The van der Waals surface area contributed by atoms with Gasteiger partial charge in [-0.1, -0.05) is 49.2 Å². The molecule has 6 rings (SSSR count). The molecule has 0 spiro atoms. The molecule has 1 aliphatic heterocycles. The van der Waals surface area contributed by atoms with Gasteiger partial charge in [0.25, 0.3) is 5.91 Å². The van der Waals surface area contributed by atoms with Crippen LogP contribution in [0.15, 0.2) is 70.5 Å². The molecule has 10 nitrogen and oxygen atoms in total. The first-order chi connectivity index (χ1) is 19.1. The van der Waals surface area contributed by atoms with E-state index in [2.05, 4.69) is 53.4 Å². The van der Waals surface area contributed by atoms with Crippen LogP contribution in [0.3, 0.4) is 0 Å². The van der Waals surface area contributed by atoms with E-state index in [4.69, 9.17) is 16.0 Å². The summed E-state index contributed by atoms with van der Waals surface area (Å²) in [6.07, 6.45) is 10.5. The van der Waals surface area contributed by atoms with Gasteiger partial charge in [-0.05, 0) is 55.5 Å². The Morgan fingerprint density at radius 3 is 2.74 bits per heavy atom. The average molecular weight is 606 g/mol. The van der Waals surface area contributed by atoms with Crippen molar-refractivity contribution in [2.24, 2.45) is 0 Å². The van der Waals surface area contributed by atoms with Crippen LogP contribution in [0.1, 0.15) is 41.6 Å². The summed E-state index contributed by atoms with van der Waals surface area (Å²) in [4.78, 5) is 22.3. The highest BCUT2D eigenvalue weighted by molar-refractivity contribution is 9.10. The average Bonchev–Trinajstić information content (AvgIpc) is 3.76. The van der Waals surface area contributed by atoms with Crippen molar-refractivity contribution in [3.05, 3.63) is 88.3 Å². The molecule has 1 aliphatic carbocycles. The molecule has 39 heavy (non-hydrogen) atoms. The van der Waals surface area contributed by atoms with Gasteiger partial charge in [0.2, 0.25) is 0 Å². The molecule has 196 valence electrons. The molecular weight excluding hydrogens is 584 g/mol. The summed E-state index contributed by atoms with van der Waals surface area (Å²) in [5.41, 5.74) is 5.84. The van der Waals surface area contributed by atoms with E-state index >= 15 is 0 Å². The molecule has 0 atom stereocenters. The Labute approximate surface area is 236 Å². The minimum Gasteiger partial charge on any atom is -0.472 e. The minimum atomic E-state index is -0.299. The number of nitrogens with one attached hydrogen (secondary N) is 1. The fourth-order valence-electron chi connectivity index (χ4n) is 4.86. The molecule has 0 saturated carbocycles. The van der Waals surface area contributed by atoms with Crippen molar-refractivity contribution in [2.45, 2.75) is 32.7 Å². The number of tetrazole rings is 1. The quantitative estimate of drug-likeness (QED) is 0.222. The van der Waals surface area contributed by atoms with Crippen molar-refractivity contribution in [1.29, 1.82) is 0 Å². The molecule has 0 fully saturated rings. The third-order valence-electron chi connectivity index (χ3n) is 6.68. The number of unbranched alkanes of at least 4 members (excludes halogenated alkanes) is 1. The van der Waals surface area contributed by atoms with E-state index in [9.17, 15) is 4.79 Å². The van der Waals surface area contributed by atoms with Crippen LogP contribution in [0.25, 0.3) is 33.6 Å². The number of H-pyrrole nitrogens is 1. The summed E-state index contributed by atoms with van der Waals surface area (Å²) in [7, 11) is 0. The molecule has 4 heterocycles. The summed E-state index contributed by atoms with van der Waals surface area (Å²) >= 11 is 10.5. The highest BCUT2D eigenvalue weighted by Crippen LogP contribution is 2.48. The summed E-state index contributed by atoms with van der Waals surface area (Å²) in [5, 5.41) is 14.7. The Balaban J connectivity index is 1.58. The van der Waals surface area contributed by atoms with Gasteiger partial charge in [0, 0.05) is 40.0 Å². The molecule has 3 aromatic heterocycles. The van der Waals surface area contributed by atoms with E-state index in [0.717, 1.165) is 56.5 Å². The lowest BCUT2D eigenvalue weighted by atomic mass is 9.97. The van der Waals surface area contributed by atoms with Gasteiger partial charge < -0.3 is 8.98 Å². The number of rotatable bonds is 8. The number of carbonyl (C=O) groups is 1. The number of aromatic nitrogens is 8. The van der Waals surface area contributed by atoms with Gasteiger partial charge in [-0.3, -0.25) is 9.36 Å². The third-order valence-corrected chi connectivity index (χ3v) is 7.77. The van der Waals surface area contributed by atoms with E-state index in [-0.39, 0.29) is 11.1 Å². The van der Waals surface area contributed by atoms with E-state index < -0.39 is 0 Å². The van der Waals surface area contributed by atoms with E-state index in [1.165, 1.54) is 10.9 Å². The van der Waals surface area contributed by atoms with E-state index in [1.54, 1.807) is 24.9 Å². The van der Waals surface area contributed by atoms with Crippen LogP contribution in [0.5, 0.6) is 0 Å². The van der Waals surface area contributed by atoms with Crippen LogP contribution < -0.4 is 0 Å². The molecule has 0 radical (unpaired) electrons. The number of aromatic amines is 1. The molecule has 4 aromatic rings. The molecule has 1 N–H and O–H groups in total.